The number of anilines is 1. The fourth-order valence-corrected chi connectivity index (χ4v) is 5.00. The highest BCUT2D eigenvalue weighted by molar-refractivity contribution is 7.99. The number of hydrogen-bond acceptors (Lipinski definition) is 5. The molecule has 0 aliphatic heterocycles. The van der Waals surface area contributed by atoms with Crippen LogP contribution < -0.4 is 5.32 Å². The lowest BCUT2D eigenvalue weighted by Gasteiger charge is -2.11. The summed E-state index contributed by atoms with van der Waals surface area (Å²) in [5.41, 5.74) is 5.42. The maximum atomic E-state index is 12.5. The number of aromatic nitrogens is 3. The van der Waals surface area contributed by atoms with E-state index in [0.29, 0.717) is 6.54 Å². The van der Waals surface area contributed by atoms with Crippen molar-refractivity contribution in [3.63, 3.8) is 0 Å². The Labute approximate surface area is 180 Å². The lowest BCUT2D eigenvalue weighted by molar-refractivity contribution is -0.113. The van der Waals surface area contributed by atoms with Gasteiger partial charge in [0.1, 0.15) is 0 Å². The van der Waals surface area contributed by atoms with E-state index in [0.717, 1.165) is 39.8 Å². The number of carbonyl (C=O) groups excluding carboxylic acids is 1. The summed E-state index contributed by atoms with van der Waals surface area (Å²) in [6, 6.07) is 5.98. The van der Waals surface area contributed by atoms with E-state index < -0.39 is 0 Å². The molecule has 7 heteroatoms. The Morgan fingerprint density at radius 1 is 1.28 bits per heavy atom. The van der Waals surface area contributed by atoms with Gasteiger partial charge in [-0.15, -0.1) is 28.1 Å². The van der Waals surface area contributed by atoms with E-state index in [4.69, 9.17) is 0 Å². The van der Waals surface area contributed by atoms with Crippen molar-refractivity contribution in [3.05, 3.63) is 57.8 Å². The normalized spacial score (nSPS) is 10.9. The minimum Gasteiger partial charge on any atom is -0.325 e. The molecule has 3 rings (SSSR count). The summed E-state index contributed by atoms with van der Waals surface area (Å²) < 4.78 is 2.03. The first kappa shape index (κ1) is 21.3. The van der Waals surface area contributed by atoms with Gasteiger partial charge in [0.15, 0.2) is 11.0 Å². The molecule has 0 bridgehead atoms. The Morgan fingerprint density at radius 2 is 2.00 bits per heavy atom. The molecule has 29 heavy (non-hydrogen) atoms. The Bertz CT molecular complexity index is 1020. The summed E-state index contributed by atoms with van der Waals surface area (Å²) in [5.74, 6) is 1.05. The first-order valence-electron chi connectivity index (χ1n) is 9.56. The molecule has 0 aliphatic carbocycles. The van der Waals surface area contributed by atoms with Gasteiger partial charge in [-0.1, -0.05) is 43.0 Å². The molecular formula is C22H26N4OS2. The van der Waals surface area contributed by atoms with Gasteiger partial charge < -0.3 is 5.32 Å². The lowest BCUT2D eigenvalue weighted by Crippen LogP contribution is -2.16. The highest BCUT2D eigenvalue weighted by Gasteiger charge is 2.19. The molecule has 0 aliphatic rings. The number of para-hydroxylation sites is 1. The van der Waals surface area contributed by atoms with Crippen molar-refractivity contribution in [2.45, 2.75) is 45.8 Å². The largest absolute Gasteiger partial charge is 0.325 e. The van der Waals surface area contributed by atoms with Crippen molar-refractivity contribution in [3.8, 4) is 11.4 Å². The van der Waals surface area contributed by atoms with Crippen LogP contribution in [0.3, 0.4) is 0 Å². The zero-order valence-electron chi connectivity index (χ0n) is 17.3. The van der Waals surface area contributed by atoms with Crippen LogP contribution in [0.4, 0.5) is 5.69 Å². The minimum absolute atomic E-state index is 0.0530. The summed E-state index contributed by atoms with van der Waals surface area (Å²) in [4.78, 5) is 13.8. The summed E-state index contributed by atoms with van der Waals surface area (Å²) in [6.07, 6.45) is 2.78. The molecule has 0 unspecified atom stereocenters. The summed E-state index contributed by atoms with van der Waals surface area (Å²) in [6.45, 7) is 12.7. The molecule has 152 valence electrons. The zero-order valence-corrected chi connectivity index (χ0v) is 18.9. The second-order valence-corrected chi connectivity index (χ2v) is 8.87. The van der Waals surface area contributed by atoms with Crippen LogP contribution in [0.25, 0.3) is 11.4 Å². The highest BCUT2D eigenvalue weighted by Crippen LogP contribution is 2.32. The number of carbonyl (C=O) groups is 1. The van der Waals surface area contributed by atoms with Crippen LogP contribution in [0.15, 0.2) is 41.4 Å². The first-order valence-corrected chi connectivity index (χ1v) is 11.4. The standard InChI is InChI=1S/C22H26N4OS2/c1-6-11-26-21(18-12-28-16(5)17(18)7-2)24-25-22(26)29-13-19(27)23-20-14(3)9-8-10-15(20)4/h6,8-10,12H,1,7,11,13H2,2-5H3,(H,23,27). The maximum Gasteiger partial charge on any atom is 0.234 e. The van der Waals surface area contributed by atoms with Crippen LogP contribution in [0, 0.1) is 20.8 Å². The van der Waals surface area contributed by atoms with Crippen LogP contribution in [0.1, 0.15) is 28.5 Å². The zero-order chi connectivity index (χ0) is 21.0. The molecule has 0 saturated heterocycles. The van der Waals surface area contributed by atoms with Crippen LogP contribution in [-0.4, -0.2) is 26.4 Å². The lowest BCUT2D eigenvalue weighted by atomic mass is 10.1. The van der Waals surface area contributed by atoms with Gasteiger partial charge in [-0.05, 0) is 43.9 Å². The minimum atomic E-state index is -0.0530. The average molecular weight is 427 g/mol. The second-order valence-electron chi connectivity index (χ2n) is 6.85. The molecular weight excluding hydrogens is 400 g/mol. The Hall–Kier alpha value is -2.38. The van der Waals surface area contributed by atoms with Gasteiger partial charge >= 0.3 is 0 Å². The van der Waals surface area contributed by atoms with Crippen LogP contribution in [0.2, 0.25) is 0 Å². The third-order valence-corrected chi connectivity index (χ3v) is 6.72. The molecule has 2 heterocycles. The van der Waals surface area contributed by atoms with E-state index >= 15 is 0 Å². The van der Waals surface area contributed by atoms with Gasteiger partial charge in [0, 0.05) is 28.1 Å². The van der Waals surface area contributed by atoms with Crippen molar-refractivity contribution in [2.75, 3.05) is 11.1 Å². The topological polar surface area (TPSA) is 59.8 Å². The molecule has 5 nitrogen and oxygen atoms in total. The predicted molar refractivity (Wildman–Crippen MR) is 123 cm³/mol. The molecule has 2 aromatic heterocycles. The second kappa shape index (κ2) is 9.41. The van der Waals surface area contributed by atoms with Crippen molar-refractivity contribution >= 4 is 34.7 Å². The third-order valence-electron chi connectivity index (χ3n) is 4.80. The van der Waals surface area contributed by atoms with Gasteiger partial charge in [0.2, 0.25) is 5.91 Å². The number of thioether (sulfide) groups is 1. The number of thiophene rings is 1. The molecule has 0 radical (unpaired) electrons. The SMILES string of the molecule is C=CCn1c(SCC(=O)Nc2c(C)cccc2C)nnc1-c1csc(C)c1CC. The number of aryl methyl sites for hydroxylation is 3. The van der Waals surface area contributed by atoms with Gasteiger partial charge in [-0.25, -0.2) is 0 Å². The third kappa shape index (κ3) is 4.62. The number of amides is 1. The molecule has 0 atom stereocenters. The molecule has 1 amide bonds. The monoisotopic (exact) mass is 426 g/mol. The molecule has 0 spiro atoms. The van der Waals surface area contributed by atoms with Crippen LogP contribution >= 0.6 is 23.1 Å². The van der Waals surface area contributed by atoms with E-state index in [9.17, 15) is 4.79 Å². The molecule has 1 N–H and O–H groups in total. The van der Waals surface area contributed by atoms with E-state index in [1.165, 1.54) is 22.2 Å². The quantitative estimate of drug-likeness (QED) is 0.386. The number of rotatable bonds is 8. The maximum absolute atomic E-state index is 12.5. The van der Waals surface area contributed by atoms with Gasteiger partial charge in [0.05, 0.1) is 5.75 Å². The highest BCUT2D eigenvalue weighted by atomic mass is 32.2. The Balaban J connectivity index is 1.78. The van der Waals surface area contributed by atoms with Gasteiger partial charge in [-0.3, -0.25) is 9.36 Å². The predicted octanol–water partition coefficient (Wildman–Crippen LogP) is 5.41. The van der Waals surface area contributed by atoms with Crippen LogP contribution in [-0.2, 0) is 17.8 Å². The van der Waals surface area contributed by atoms with Crippen molar-refractivity contribution in [2.24, 2.45) is 0 Å². The van der Waals surface area contributed by atoms with E-state index in [1.807, 2.05) is 42.7 Å². The molecule has 1 aromatic carbocycles. The van der Waals surface area contributed by atoms with Gasteiger partial charge in [0.25, 0.3) is 0 Å². The number of allylic oxidation sites excluding steroid dienone is 1. The summed E-state index contributed by atoms with van der Waals surface area (Å²) in [7, 11) is 0. The van der Waals surface area contributed by atoms with E-state index in [-0.39, 0.29) is 11.7 Å². The fraction of sp³-hybridized carbons (Fsp3) is 0.318. The first-order chi connectivity index (χ1) is 14.0. The summed E-state index contributed by atoms with van der Waals surface area (Å²) in [5, 5.41) is 14.7. The number of nitrogens with one attached hydrogen (secondary N) is 1. The van der Waals surface area contributed by atoms with Crippen molar-refractivity contribution in [1.29, 1.82) is 0 Å². The molecule has 0 fully saturated rings. The smallest absolute Gasteiger partial charge is 0.234 e. The number of nitrogens with zero attached hydrogens (tertiary/aromatic N) is 3. The van der Waals surface area contributed by atoms with Crippen molar-refractivity contribution < 1.29 is 4.79 Å². The fourth-order valence-electron chi connectivity index (χ4n) is 3.31. The summed E-state index contributed by atoms with van der Waals surface area (Å²) >= 11 is 3.13. The molecule has 3 aromatic rings. The Kier molecular flexibility index (Phi) is 6.92. The van der Waals surface area contributed by atoms with Crippen LogP contribution in [0.5, 0.6) is 0 Å². The van der Waals surface area contributed by atoms with Crippen molar-refractivity contribution in [1.82, 2.24) is 14.8 Å². The average Bonchev–Trinajstić information content (AvgIpc) is 3.26. The Morgan fingerprint density at radius 3 is 2.66 bits per heavy atom. The molecule has 0 saturated carbocycles. The number of hydrogen-bond donors (Lipinski definition) is 1. The number of benzene rings is 1. The van der Waals surface area contributed by atoms with E-state index in [2.05, 4.69) is 41.3 Å². The van der Waals surface area contributed by atoms with E-state index in [1.54, 1.807) is 11.3 Å². The van der Waals surface area contributed by atoms with Gasteiger partial charge in [-0.2, -0.15) is 0 Å².